The molecule has 5 aliphatic rings. The minimum absolute atomic E-state index is 0.341. The van der Waals surface area contributed by atoms with E-state index in [2.05, 4.69) is 26.8 Å². The fraction of sp³-hybridized carbons (Fsp3) is 0.929. The fourth-order valence-electron chi connectivity index (χ4n) is 9.00. The van der Waals surface area contributed by atoms with Crippen molar-refractivity contribution >= 4 is 0 Å². The third kappa shape index (κ3) is 3.43. The van der Waals surface area contributed by atoms with Gasteiger partial charge in [0.15, 0.2) is 0 Å². The lowest BCUT2D eigenvalue weighted by molar-refractivity contribution is -0.0666. The van der Waals surface area contributed by atoms with Crippen LogP contribution >= 0.6 is 0 Å². The molecule has 30 heavy (non-hydrogen) atoms. The van der Waals surface area contributed by atoms with E-state index in [1.807, 2.05) is 6.92 Å². The molecule has 0 saturated heterocycles. The molecule has 1 unspecified atom stereocenters. The Balaban J connectivity index is 1.27. The predicted octanol–water partition coefficient (Wildman–Crippen LogP) is 6.65. The predicted molar refractivity (Wildman–Crippen MR) is 123 cm³/mol. The van der Waals surface area contributed by atoms with Crippen LogP contribution in [0.3, 0.4) is 0 Å². The van der Waals surface area contributed by atoms with Gasteiger partial charge in [-0.2, -0.15) is 0 Å². The third-order valence-corrected chi connectivity index (χ3v) is 11.3. The van der Waals surface area contributed by atoms with E-state index in [1.54, 1.807) is 5.57 Å². The molecule has 0 aromatic carbocycles. The molecule has 5 rings (SSSR count). The van der Waals surface area contributed by atoms with E-state index >= 15 is 0 Å². The molecule has 8 atom stereocenters. The lowest BCUT2D eigenvalue weighted by Gasteiger charge is -2.59. The zero-order valence-corrected chi connectivity index (χ0v) is 20.1. The lowest BCUT2D eigenvalue weighted by Crippen LogP contribution is -2.51. The van der Waals surface area contributed by atoms with Crippen LogP contribution in [0.1, 0.15) is 111 Å². The van der Waals surface area contributed by atoms with E-state index in [0.29, 0.717) is 16.7 Å². The highest BCUT2D eigenvalue weighted by atomic mass is 16.3. The maximum absolute atomic E-state index is 10.7. The second kappa shape index (κ2) is 7.08. The minimum atomic E-state index is -0.485. The number of allylic oxidation sites excluding steroid dienone is 1. The van der Waals surface area contributed by atoms with Crippen molar-refractivity contribution in [2.45, 2.75) is 122 Å². The summed E-state index contributed by atoms with van der Waals surface area (Å²) in [6.07, 6.45) is 18.5. The molecule has 2 nitrogen and oxygen atoms in total. The van der Waals surface area contributed by atoms with Gasteiger partial charge in [-0.15, -0.1) is 0 Å². The van der Waals surface area contributed by atoms with Crippen LogP contribution in [0.4, 0.5) is 0 Å². The molecular formula is C28H46O2. The normalized spacial score (nSPS) is 50.1. The summed E-state index contributed by atoms with van der Waals surface area (Å²) >= 11 is 0. The van der Waals surface area contributed by atoms with Gasteiger partial charge in [0, 0.05) is 0 Å². The molecule has 5 aliphatic carbocycles. The molecule has 170 valence electrons. The van der Waals surface area contributed by atoms with Crippen LogP contribution in [0.15, 0.2) is 11.6 Å². The van der Waals surface area contributed by atoms with Gasteiger partial charge in [-0.1, -0.05) is 31.9 Å². The van der Waals surface area contributed by atoms with Gasteiger partial charge in [0.2, 0.25) is 0 Å². The van der Waals surface area contributed by atoms with Crippen molar-refractivity contribution in [3.63, 3.8) is 0 Å². The third-order valence-electron chi connectivity index (χ3n) is 11.3. The number of rotatable bonds is 5. The van der Waals surface area contributed by atoms with Crippen molar-refractivity contribution in [3.05, 3.63) is 11.6 Å². The Morgan fingerprint density at radius 3 is 2.50 bits per heavy atom. The van der Waals surface area contributed by atoms with Gasteiger partial charge in [-0.3, -0.25) is 0 Å². The molecule has 0 spiro atoms. The molecule has 0 amide bonds. The highest BCUT2D eigenvalue weighted by Gasteiger charge is 2.58. The largest absolute Gasteiger partial charge is 0.390 e. The summed E-state index contributed by atoms with van der Waals surface area (Å²) in [5.41, 5.74) is 1.56. The van der Waals surface area contributed by atoms with Gasteiger partial charge < -0.3 is 10.2 Å². The smallest absolute Gasteiger partial charge is 0.0657 e. The van der Waals surface area contributed by atoms with Crippen LogP contribution in [-0.4, -0.2) is 21.4 Å². The van der Waals surface area contributed by atoms with E-state index in [1.165, 1.54) is 64.2 Å². The van der Waals surface area contributed by atoms with E-state index in [-0.39, 0.29) is 0 Å². The highest BCUT2D eigenvalue weighted by Crippen LogP contribution is 2.67. The second-order valence-electron chi connectivity index (χ2n) is 13.3. The van der Waals surface area contributed by atoms with Crippen LogP contribution in [0, 0.1) is 40.4 Å². The number of hydrogen-bond donors (Lipinski definition) is 2. The molecule has 0 heterocycles. The van der Waals surface area contributed by atoms with Gasteiger partial charge in [0.25, 0.3) is 0 Å². The monoisotopic (exact) mass is 414 g/mol. The average molecular weight is 415 g/mol. The second-order valence-corrected chi connectivity index (χ2v) is 13.3. The zero-order chi connectivity index (χ0) is 21.4. The van der Waals surface area contributed by atoms with Crippen molar-refractivity contribution < 1.29 is 10.2 Å². The van der Waals surface area contributed by atoms with Crippen LogP contribution in [0.25, 0.3) is 0 Å². The molecule has 0 bridgehead atoms. The molecule has 0 radical (unpaired) electrons. The molecular weight excluding hydrogens is 368 g/mol. The van der Waals surface area contributed by atoms with Crippen molar-refractivity contribution in [2.24, 2.45) is 40.4 Å². The average Bonchev–Trinajstić information content (AvgIpc) is 3.47. The van der Waals surface area contributed by atoms with Crippen molar-refractivity contribution in [2.75, 3.05) is 0 Å². The number of aliphatic hydroxyl groups is 2. The van der Waals surface area contributed by atoms with Gasteiger partial charge in [-0.25, -0.2) is 0 Å². The van der Waals surface area contributed by atoms with Gasteiger partial charge in [0.05, 0.1) is 11.2 Å². The Labute approximate surface area is 184 Å². The SMILES string of the molecule is CC(O)(CCC[C@H]1CC[C@H]2[C@@H]3CC=C4C[C@@](C)(O)CC[C@]4(C)[C@H]3CC[C@]12C)C1CC1. The number of hydrogen-bond acceptors (Lipinski definition) is 2. The minimum Gasteiger partial charge on any atom is -0.390 e. The van der Waals surface area contributed by atoms with Crippen LogP contribution in [0.5, 0.6) is 0 Å². The topological polar surface area (TPSA) is 40.5 Å². The van der Waals surface area contributed by atoms with Crippen molar-refractivity contribution in [1.29, 1.82) is 0 Å². The Bertz CT molecular complexity index is 701. The zero-order valence-electron chi connectivity index (χ0n) is 20.1. The maximum Gasteiger partial charge on any atom is 0.0657 e. The first-order chi connectivity index (χ1) is 14.1. The maximum atomic E-state index is 10.7. The summed E-state index contributed by atoms with van der Waals surface area (Å²) in [5, 5.41) is 21.4. The van der Waals surface area contributed by atoms with Gasteiger partial charge in [-0.05, 0) is 131 Å². The number of fused-ring (bicyclic) bond motifs is 5. The molecule has 2 heteroatoms. The summed E-state index contributed by atoms with van der Waals surface area (Å²) in [7, 11) is 0. The summed E-state index contributed by atoms with van der Waals surface area (Å²) in [4.78, 5) is 0. The summed E-state index contributed by atoms with van der Waals surface area (Å²) in [6, 6.07) is 0. The van der Waals surface area contributed by atoms with Crippen molar-refractivity contribution in [1.82, 2.24) is 0 Å². The molecule has 0 aromatic heterocycles. The first-order valence-electron chi connectivity index (χ1n) is 13.2. The Morgan fingerprint density at radius 1 is 1.00 bits per heavy atom. The van der Waals surface area contributed by atoms with E-state index < -0.39 is 11.2 Å². The Morgan fingerprint density at radius 2 is 1.77 bits per heavy atom. The van der Waals surface area contributed by atoms with Crippen molar-refractivity contribution in [3.8, 4) is 0 Å². The van der Waals surface area contributed by atoms with E-state index in [0.717, 1.165) is 42.9 Å². The molecule has 2 N–H and O–H groups in total. The summed E-state index contributed by atoms with van der Waals surface area (Å²) < 4.78 is 0. The van der Waals surface area contributed by atoms with E-state index in [9.17, 15) is 10.2 Å². The van der Waals surface area contributed by atoms with E-state index in [4.69, 9.17) is 0 Å². The molecule has 0 aromatic rings. The quantitative estimate of drug-likeness (QED) is 0.495. The molecule has 4 fully saturated rings. The first kappa shape index (κ1) is 21.5. The van der Waals surface area contributed by atoms with Crippen LogP contribution in [0.2, 0.25) is 0 Å². The molecule has 0 aliphatic heterocycles. The fourth-order valence-corrected chi connectivity index (χ4v) is 9.00. The molecule has 4 saturated carbocycles. The Hall–Kier alpha value is -0.340. The van der Waals surface area contributed by atoms with Crippen LogP contribution in [-0.2, 0) is 0 Å². The van der Waals surface area contributed by atoms with Crippen LogP contribution < -0.4 is 0 Å². The summed E-state index contributed by atoms with van der Waals surface area (Å²) in [5.74, 6) is 4.03. The summed E-state index contributed by atoms with van der Waals surface area (Å²) in [6.45, 7) is 9.31. The van der Waals surface area contributed by atoms with Gasteiger partial charge >= 0.3 is 0 Å². The lowest BCUT2D eigenvalue weighted by atomic mass is 9.46. The van der Waals surface area contributed by atoms with Gasteiger partial charge in [0.1, 0.15) is 0 Å². The first-order valence-corrected chi connectivity index (χ1v) is 13.2. The Kier molecular flexibility index (Phi) is 5.07. The standard InChI is InChI=1S/C28H46O2/c1-25(29)16-17-27(3)21(18-25)9-11-22-23-12-10-19(26(23,2)15-13-24(22)27)6-5-14-28(4,30)20-7-8-20/h9,19-20,22-24,29-30H,5-8,10-18H2,1-4H3/t19-,22-,23-,24-,25-,26+,27-,28?/m0/s1. The highest BCUT2D eigenvalue weighted by molar-refractivity contribution is 5.26.